The van der Waals surface area contributed by atoms with Gasteiger partial charge in [-0.1, -0.05) is 81.4 Å². The summed E-state index contributed by atoms with van der Waals surface area (Å²) in [4.78, 5) is 62.3. The maximum Gasteiger partial charge on any atom is 0.408 e. The number of nitrogens with one attached hydrogen (secondary N) is 4. The molecular weight excluding hydrogens is 592 g/mol. The molecule has 0 saturated heterocycles. The first-order valence-corrected chi connectivity index (χ1v) is 15.5. The number of carbonyl (C=O) groups excluding carboxylic acids is 5. The molecule has 4 amide bonds. The molecule has 0 bridgehead atoms. The zero-order valence-corrected chi connectivity index (χ0v) is 27.4. The Morgan fingerprint density at radius 2 is 1.20 bits per heavy atom. The number of carbonyl (C=O) groups is 5. The van der Waals surface area contributed by atoms with Gasteiger partial charge in [-0.15, -0.1) is 0 Å². The summed E-state index contributed by atoms with van der Waals surface area (Å²) >= 11 is 0. The van der Waals surface area contributed by atoms with Crippen LogP contribution in [0.25, 0.3) is 0 Å². The quantitative estimate of drug-likeness (QED) is 0.164. The summed E-state index contributed by atoms with van der Waals surface area (Å²) in [7, 11) is 0. The SMILES string of the molecule is CC(=O)OC[C@H](NC(=O)[C@@H](C)CC(O)[C@H](Cc1ccccc1)NC(=O)[C@H](C)NC(=O)[C@H](C)NC(=O)OCc1ccccc1)C(C)C. The molecule has 0 aromatic heterocycles. The van der Waals surface area contributed by atoms with E-state index in [1.54, 1.807) is 19.1 Å². The van der Waals surface area contributed by atoms with E-state index in [4.69, 9.17) is 9.47 Å². The number of aliphatic hydroxyl groups is 1. The molecule has 0 saturated carbocycles. The highest BCUT2D eigenvalue weighted by Gasteiger charge is 2.30. The van der Waals surface area contributed by atoms with Crippen molar-refractivity contribution in [2.24, 2.45) is 11.8 Å². The average molecular weight is 641 g/mol. The maximum absolute atomic E-state index is 13.2. The van der Waals surface area contributed by atoms with Crippen LogP contribution < -0.4 is 21.3 Å². The van der Waals surface area contributed by atoms with Crippen molar-refractivity contribution in [3.63, 3.8) is 0 Å². The van der Waals surface area contributed by atoms with Crippen LogP contribution in [-0.4, -0.2) is 71.8 Å². The van der Waals surface area contributed by atoms with E-state index in [1.807, 2.05) is 62.4 Å². The Bertz CT molecular complexity index is 1270. The number of ether oxygens (including phenoxy) is 2. The van der Waals surface area contributed by atoms with Gasteiger partial charge < -0.3 is 35.8 Å². The molecule has 0 aliphatic heterocycles. The number of aliphatic hydroxyl groups excluding tert-OH is 1. The standard InChI is InChI=1S/C34H48N4O8/c1-21(2)29(20-45-25(6)39)38-31(41)22(3)17-30(40)28(18-26-13-9-7-10-14-26)37-33(43)23(4)35-32(42)24(5)36-34(44)46-19-27-15-11-8-12-16-27/h7-16,21-24,28-30,40H,17-20H2,1-6H3,(H,35,42)(H,36,44)(H,37,43)(H,38,41)/t22-,23-,24-,28-,29-,30?/m0/s1. The van der Waals surface area contributed by atoms with Crippen molar-refractivity contribution in [3.8, 4) is 0 Å². The monoisotopic (exact) mass is 640 g/mol. The second kappa shape index (κ2) is 19.2. The van der Waals surface area contributed by atoms with Gasteiger partial charge in [-0.25, -0.2) is 4.79 Å². The minimum atomic E-state index is -1.11. The molecule has 0 heterocycles. The lowest BCUT2D eigenvalue weighted by Crippen LogP contribution is -2.55. The average Bonchev–Trinajstić information content (AvgIpc) is 3.02. The van der Waals surface area contributed by atoms with Gasteiger partial charge in [0, 0.05) is 12.8 Å². The lowest BCUT2D eigenvalue weighted by atomic mass is 9.93. The zero-order chi connectivity index (χ0) is 34.2. The smallest absolute Gasteiger partial charge is 0.408 e. The first-order valence-electron chi connectivity index (χ1n) is 15.5. The van der Waals surface area contributed by atoms with E-state index in [2.05, 4.69) is 21.3 Å². The van der Waals surface area contributed by atoms with E-state index in [9.17, 15) is 29.1 Å². The van der Waals surface area contributed by atoms with Crippen molar-refractivity contribution in [3.05, 3.63) is 71.8 Å². The first kappa shape index (κ1) is 37.7. The van der Waals surface area contributed by atoms with Crippen LogP contribution in [0.2, 0.25) is 0 Å². The third-order valence-corrected chi connectivity index (χ3v) is 7.42. The Labute approximate surface area is 271 Å². The lowest BCUT2D eigenvalue weighted by molar-refractivity contribution is -0.143. The molecule has 2 rings (SSSR count). The summed E-state index contributed by atoms with van der Waals surface area (Å²) in [5, 5.41) is 22.0. The van der Waals surface area contributed by atoms with Crippen molar-refractivity contribution in [2.75, 3.05) is 6.61 Å². The van der Waals surface area contributed by atoms with Gasteiger partial charge in [-0.2, -0.15) is 0 Å². The van der Waals surface area contributed by atoms with E-state index in [0.29, 0.717) is 0 Å². The number of esters is 1. The summed E-state index contributed by atoms with van der Waals surface area (Å²) in [5.41, 5.74) is 1.65. The molecule has 0 fully saturated rings. The molecule has 5 N–H and O–H groups in total. The van der Waals surface area contributed by atoms with Crippen molar-refractivity contribution >= 4 is 29.8 Å². The fraction of sp³-hybridized carbons (Fsp3) is 0.500. The molecule has 252 valence electrons. The van der Waals surface area contributed by atoms with Crippen molar-refractivity contribution in [1.29, 1.82) is 0 Å². The van der Waals surface area contributed by atoms with Gasteiger partial charge in [-0.05, 0) is 43.7 Å². The molecule has 0 aliphatic rings. The summed E-state index contributed by atoms with van der Waals surface area (Å²) in [6.07, 6.45) is -1.58. The molecule has 0 radical (unpaired) electrons. The largest absolute Gasteiger partial charge is 0.464 e. The van der Waals surface area contributed by atoms with Gasteiger partial charge in [0.1, 0.15) is 25.3 Å². The molecule has 0 aliphatic carbocycles. The minimum absolute atomic E-state index is 0.0000857. The summed E-state index contributed by atoms with van der Waals surface area (Å²) in [6, 6.07) is 15.2. The second-order valence-corrected chi connectivity index (χ2v) is 11.8. The van der Waals surface area contributed by atoms with Gasteiger partial charge >= 0.3 is 12.1 Å². The fourth-order valence-corrected chi connectivity index (χ4v) is 4.44. The van der Waals surface area contributed by atoms with Crippen LogP contribution in [0.1, 0.15) is 59.1 Å². The highest BCUT2D eigenvalue weighted by Crippen LogP contribution is 2.15. The Morgan fingerprint density at radius 1 is 0.674 bits per heavy atom. The van der Waals surface area contributed by atoms with Gasteiger partial charge in [-0.3, -0.25) is 19.2 Å². The number of hydrogen-bond acceptors (Lipinski definition) is 8. The highest BCUT2D eigenvalue weighted by atomic mass is 16.5. The molecule has 6 atom stereocenters. The Kier molecular flexibility index (Phi) is 15.7. The molecule has 46 heavy (non-hydrogen) atoms. The molecule has 0 spiro atoms. The van der Waals surface area contributed by atoms with Crippen LogP contribution in [0.15, 0.2) is 60.7 Å². The van der Waals surface area contributed by atoms with E-state index >= 15 is 0 Å². The van der Waals surface area contributed by atoms with Crippen LogP contribution >= 0.6 is 0 Å². The van der Waals surface area contributed by atoms with Crippen LogP contribution in [0.3, 0.4) is 0 Å². The third kappa shape index (κ3) is 13.7. The minimum Gasteiger partial charge on any atom is -0.464 e. The normalized spacial score (nSPS) is 14.9. The second-order valence-electron chi connectivity index (χ2n) is 11.8. The van der Waals surface area contributed by atoms with Crippen LogP contribution in [0, 0.1) is 11.8 Å². The van der Waals surface area contributed by atoms with Crippen molar-refractivity contribution in [2.45, 2.75) is 91.3 Å². The van der Waals surface area contributed by atoms with E-state index < -0.39 is 60.1 Å². The summed E-state index contributed by atoms with van der Waals surface area (Å²) in [6.45, 7) is 9.80. The topological polar surface area (TPSA) is 172 Å². The first-order chi connectivity index (χ1) is 21.8. The molecule has 2 aromatic carbocycles. The summed E-state index contributed by atoms with van der Waals surface area (Å²) < 4.78 is 10.2. The van der Waals surface area contributed by atoms with Crippen LogP contribution in [0.4, 0.5) is 4.79 Å². The van der Waals surface area contributed by atoms with E-state index in [0.717, 1.165) is 11.1 Å². The van der Waals surface area contributed by atoms with Crippen LogP contribution in [-0.2, 0) is 41.7 Å². The lowest BCUT2D eigenvalue weighted by Gasteiger charge is -2.29. The fourth-order valence-electron chi connectivity index (χ4n) is 4.44. The van der Waals surface area contributed by atoms with Gasteiger partial charge in [0.15, 0.2) is 0 Å². The van der Waals surface area contributed by atoms with Crippen molar-refractivity contribution in [1.82, 2.24) is 21.3 Å². The number of amides is 4. The van der Waals surface area contributed by atoms with E-state index in [-0.39, 0.29) is 37.9 Å². The highest BCUT2D eigenvalue weighted by molar-refractivity contribution is 5.91. The molecule has 2 aromatic rings. The number of alkyl carbamates (subject to hydrolysis) is 1. The Balaban J connectivity index is 1.99. The number of hydrogen-bond donors (Lipinski definition) is 5. The van der Waals surface area contributed by atoms with Gasteiger partial charge in [0.2, 0.25) is 17.7 Å². The Hall–Kier alpha value is -4.45. The predicted molar refractivity (Wildman–Crippen MR) is 172 cm³/mol. The van der Waals surface area contributed by atoms with Crippen LogP contribution in [0.5, 0.6) is 0 Å². The molecule has 12 heteroatoms. The maximum atomic E-state index is 13.2. The van der Waals surface area contributed by atoms with E-state index in [1.165, 1.54) is 20.8 Å². The molecule has 1 unspecified atom stereocenters. The number of rotatable bonds is 17. The van der Waals surface area contributed by atoms with Gasteiger partial charge in [0.05, 0.1) is 18.2 Å². The van der Waals surface area contributed by atoms with Crippen molar-refractivity contribution < 1.29 is 38.6 Å². The number of benzene rings is 2. The third-order valence-electron chi connectivity index (χ3n) is 7.42. The predicted octanol–water partition coefficient (Wildman–Crippen LogP) is 2.62. The zero-order valence-electron chi connectivity index (χ0n) is 27.4. The molecular formula is C34H48N4O8. The Morgan fingerprint density at radius 3 is 1.76 bits per heavy atom. The summed E-state index contributed by atoms with van der Waals surface area (Å²) in [5.74, 6) is -2.54. The van der Waals surface area contributed by atoms with Gasteiger partial charge in [0.25, 0.3) is 0 Å². The molecule has 12 nitrogen and oxygen atoms in total.